The van der Waals surface area contributed by atoms with Gasteiger partial charge < -0.3 is 25.4 Å². The summed E-state index contributed by atoms with van der Waals surface area (Å²) in [7, 11) is 0. The molecule has 1 aliphatic carbocycles. The summed E-state index contributed by atoms with van der Waals surface area (Å²) in [6.07, 6.45) is 14.2. The van der Waals surface area contributed by atoms with Crippen LogP contribution in [-0.2, 0) is 19.1 Å². The molecule has 0 aromatic carbocycles. The van der Waals surface area contributed by atoms with Crippen molar-refractivity contribution >= 4 is 17.5 Å². The number of aliphatic hydroxyl groups is 3. The number of ether oxygens (including phenoxy) is 1. The molecule has 0 bridgehead atoms. The standard InChI is InChI=1S/C27H33NO7/c1-4-6-8-9-10-11-19(30)15-23(32)24-22-14-18(13-20(31)17-29)21(16-28-12-7-5-2)25(33)27(22,3)35-26(24)34/h4,6,8-11,14-16,20,28-29,31-32H,5,7,12-13,17H2,1-3H3/b6-4+,9-8+,11-10+,21-16-,23-15-. The fraction of sp³-hybridized carbons (Fsp3) is 0.370. The zero-order chi connectivity index (χ0) is 26.0. The molecule has 8 nitrogen and oxygen atoms in total. The summed E-state index contributed by atoms with van der Waals surface area (Å²) in [5, 5.41) is 33.0. The van der Waals surface area contributed by atoms with Gasteiger partial charge in [0.15, 0.2) is 11.4 Å². The van der Waals surface area contributed by atoms with Gasteiger partial charge in [0.1, 0.15) is 11.3 Å². The maximum Gasteiger partial charge on any atom is 0.343 e. The second-order valence-corrected chi connectivity index (χ2v) is 8.32. The molecule has 0 spiro atoms. The highest BCUT2D eigenvalue weighted by molar-refractivity contribution is 6.15. The predicted octanol–water partition coefficient (Wildman–Crippen LogP) is 2.82. The number of unbranched alkanes of at least 4 members (excludes halogenated alkanes) is 1. The Bertz CT molecular complexity index is 1060. The van der Waals surface area contributed by atoms with Crippen molar-refractivity contribution in [3.8, 4) is 0 Å². The van der Waals surface area contributed by atoms with Gasteiger partial charge in [0.05, 0.1) is 12.7 Å². The predicted molar refractivity (Wildman–Crippen MR) is 132 cm³/mol. The number of carbonyl (C=O) groups excluding carboxylic acids is 3. The van der Waals surface area contributed by atoms with E-state index < -0.39 is 41.6 Å². The third kappa shape index (κ3) is 6.77. The molecule has 8 heteroatoms. The average molecular weight is 484 g/mol. The number of allylic oxidation sites excluding steroid dienone is 7. The smallest absolute Gasteiger partial charge is 0.343 e. The average Bonchev–Trinajstić information content (AvgIpc) is 3.08. The molecular formula is C27H33NO7. The van der Waals surface area contributed by atoms with E-state index in [2.05, 4.69) is 5.32 Å². The van der Waals surface area contributed by atoms with E-state index in [9.17, 15) is 29.7 Å². The number of nitrogens with one attached hydrogen (secondary N) is 1. The van der Waals surface area contributed by atoms with Gasteiger partial charge in [-0.05, 0) is 38.0 Å². The number of hydrogen-bond acceptors (Lipinski definition) is 8. The van der Waals surface area contributed by atoms with E-state index in [-0.39, 0.29) is 23.1 Å². The summed E-state index contributed by atoms with van der Waals surface area (Å²) < 4.78 is 5.41. The lowest BCUT2D eigenvalue weighted by atomic mass is 9.76. The Morgan fingerprint density at radius 3 is 2.60 bits per heavy atom. The zero-order valence-electron chi connectivity index (χ0n) is 20.3. The van der Waals surface area contributed by atoms with Crippen LogP contribution in [-0.4, -0.2) is 57.7 Å². The Morgan fingerprint density at radius 1 is 1.23 bits per heavy atom. The van der Waals surface area contributed by atoms with Crippen molar-refractivity contribution in [2.45, 2.75) is 51.7 Å². The lowest BCUT2D eigenvalue weighted by molar-refractivity contribution is -0.152. The van der Waals surface area contributed by atoms with Gasteiger partial charge in [0, 0.05) is 36.4 Å². The second kappa shape index (κ2) is 12.8. The summed E-state index contributed by atoms with van der Waals surface area (Å²) in [6, 6.07) is 0. The molecular weight excluding hydrogens is 450 g/mol. The summed E-state index contributed by atoms with van der Waals surface area (Å²) >= 11 is 0. The Labute approximate surface area is 205 Å². The van der Waals surface area contributed by atoms with Gasteiger partial charge in [0.2, 0.25) is 5.78 Å². The topological polar surface area (TPSA) is 133 Å². The molecule has 2 rings (SSSR count). The number of esters is 1. The van der Waals surface area contributed by atoms with Crippen LogP contribution in [0.4, 0.5) is 0 Å². The van der Waals surface area contributed by atoms with Gasteiger partial charge >= 0.3 is 5.97 Å². The molecule has 0 saturated carbocycles. The number of fused-ring (bicyclic) bond motifs is 1. The van der Waals surface area contributed by atoms with Crippen LogP contribution in [0.25, 0.3) is 0 Å². The first kappa shape index (κ1) is 27.8. The van der Waals surface area contributed by atoms with Crippen LogP contribution in [0.3, 0.4) is 0 Å². The molecule has 1 heterocycles. The van der Waals surface area contributed by atoms with E-state index in [1.165, 1.54) is 31.4 Å². The van der Waals surface area contributed by atoms with Crippen molar-refractivity contribution in [1.29, 1.82) is 0 Å². The molecule has 35 heavy (non-hydrogen) atoms. The van der Waals surface area contributed by atoms with Crippen molar-refractivity contribution in [3.05, 3.63) is 82.9 Å². The van der Waals surface area contributed by atoms with Crippen molar-refractivity contribution < 1.29 is 34.4 Å². The number of aliphatic hydroxyl groups excluding tert-OH is 3. The number of carbonyl (C=O) groups is 3. The van der Waals surface area contributed by atoms with Gasteiger partial charge in [-0.3, -0.25) is 9.59 Å². The SMILES string of the molecule is C/C=C/C=C/C=C/C(=O)/C=C(\O)C1=C2C=C(CC(O)CO)/C(=C/NCCCC)C(=O)C2(C)OC1=O. The number of hydrogen-bond donors (Lipinski definition) is 4. The third-order valence-corrected chi connectivity index (χ3v) is 5.54. The fourth-order valence-electron chi connectivity index (χ4n) is 3.66. The number of Topliss-reactive ketones (excluding diaryl/α,β-unsaturated/α-hetero) is 1. The first-order valence-corrected chi connectivity index (χ1v) is 11.6. The monoisotopic (exact) mass is 483 g/mol. The molecule has 2 aliphatic rings. The maximum atomic E-state index is 13.4. The van der Waals surface area contributed by atoms with Gasteiger partial charge in [0.25, 0.3) is 0 Å². The maximum absolute atomic E-state index is 13.4. The highest BCUT2D eigenvalue weighted by Gasteiger charge is 2.53. The van der Waals surface area contributed by atoms with Gasteiger partial charge in [-0.25, -0.2) is 4.79 Å². The highest BCUT2D eigenvalue weighted by atomic mass is 16.6. The van der Waals surface area contributed by atoms with E-state index in [1.807, 2.05) is 19.9 Å². The summed E-state index contributed by atoms with van der Waals surface area (Å²) in [6.45, 7) is 5.41. The van der Waals surface area contributed by atoms with Crippen molar-refractivity contribution in [1.82, 2.24) is 5.32 Å². The number of ketones is 2. The number of rotatable bonds is 12. The van der Waals surface area contributed by atoms with Crippen molar-refractivity contribution in [3.63, 3.8) is 0 Å². The summed E-state index contributed by atoms with van der Waals surface area (Å²) in [4.78, 5) is 38.4. The van der Waals surface area contributed by atoms with Crippen LogP contribution >= 0.6 is 0 Å². The second-order valence-electron chi connectivity index (χ2n) is 8.32. The largest absolute Gasteiger partial charge is 0.507 e. The normalized spacial score (nSPS) is 22.9. The Kier molecular flexibility index (Phi) is 10.2. The molecule has 4 N–H and O–H groups in total. The van der Waals surface area contributed by atoms with E-state index in [4.69, 9.17) is 4.74 Å². The molecule has 1 aliphatic heterocycles. The van der Waals surface area contributed by atoms with Gasteiger partial charge in [-0.15, -0.1) is 0 Å². The lowest BCUT2D eigenvalue weighted by Crippen LogP contribution is -2.42. The van der Waals surface area contributed by atoms with Crippen LogP contribution in [0.1, 0.15) is 40.0 Å². The van der Waals surface area contributed by atoms with Gasteiger partial charge in [-0.2, -0.15) is 0 Å². The summed E-state index contributed by atoms with van der Waals surface area (Å²) in [5.41, 5.74) is -1.31. The molecule has 0 radical (unpaired) electrons. The van der Waals surface area contributed by atoms with Crippen LogP contribution in [0, 0.1) is 0 Å². The Balaban J connectivity index is 2.51. The van der Waals surface area contributed by atoms with Crippen LogP contribution in [0.15, 0.2) is 82.9 Å². The third-order valence-electron chi connectivity index (χ3n) is 5.54. The fourth-order valence-corrected chi connectivity index (χ4v) is 3.66. The van der Waals surface area contributed by atoms with Crippen LogP contribution in [0.5, 0.6) is 0 Å². The van der Waals surface area contributed by atoms with E-state index >= 15 is 0 Å². The quantitative estimate of drug-likeness (QED) is 0.110. The first-order chi connectivity index (χ1) is 16.7. The zero-order valence-corrected chi connectivity index (χ0v) is 20.3. The first-order valence-electron chi connectivity index (χ1n) is 11.6. The van der Waals surface area contributed by atoms with Crippen LogP contribution < -0.4 is 5.32 Å². The molecule has 0 fully saturated rings. The minimum absolute atomic E-state index is 0.0603. The van der Waals surface area contributed by atoms with Crippen molar-refractivity contribution in [2.24, 2.45) is 0 Å². The van der Waals surface area contributed by atoms with Crippen molar-refractivity contribution in [2.75, 3.05) is 13.2 Å². The Hall–Kier alpha value is -3.49. The molecule has 2 unspecified atom stereocenters. The lowest BCUT2D eigenvalue weighted by Gasteiger charge is -2.31. The molecule has 0 saturated heterocycles. The minimum atomic E-state index is -1.70. The van der Waals surface area contributed by atoms with Gasteiger partial charge in [-0.1, -0.05) is 43.7 Å². The molecule has 0 aromatic rings. The Morgan fingerprint density at radius 2 is 1.94 bits per heavy atom. The molecule has 0 amide bonds. The van der Waals surface area contributed by atoms with E-state index in [1.54, 1.807) is 18.2 Å². The van der Waals surface area contributed by atoms with Crippen LogP contribution in [0.2, 0.25) is 0 Å². The molecule has 188 valence electrons. The molecule has 0 aromatic heterocycles. The van der Waals surface area contributed by atoms with E-state index in [0.717, 1.165) is 18.9 Å². The van der Waals surface area contributed by atoms with E-state index in [0.29, 0.717) is 12.1 Å². The minimum Gasteiger partial charge on any atom is -0.507 e. The summed E-state index contributed by atoms with van der Waals surface area (Å²) in [5.74, 6) is -2.66. The molecule has 2 atom stereocenters. The highest BCUT2D eigenvalue weighted by Crippen LogP contribution is 2.44.